The van der Waals surface area contributed by atoms with Crippen molar-refractivity contribution >= 4 is 21.6 Å². The summed E-state index contributed by atoms with van der Waals surface area (Å²) in [7, 11) is 0. The summed E-state index contributed by atoms with van der Waals surface area (Å²) in [4.78, 5) is 13.0. The molecule has 1 aromatic heterocycles. The average Bonchev–Trinajstić information content (AvgIpc) is 2.67. The van der Waals surface area contributed by atoms with Crippen molar-refractivity contribution in [2.24, 2.45) is 0 Å². The molecule has 9 heteroatoms. The van der Waals surface area contributed by atoms with Crippen LogP contribution in [0.25, 0.3) is 11.5 Å². The first kappa shape index (κ1) is 11.6. The molecule has 0 aliphatic rings. The first-order valence-electron chi connectivity index (χ1n) is 4.12. The first-order valence-corrected chi connectivity index (χ1v) is 4.91. The highest BCUT2D eigenvalue weighted by atomic mass is 79.9. The summed E-state index contributed by atoms with van der Waals surface area (Å²) < 4.78 is 31.3. The zero-order valence-electron chi connectivity index (χ0n) is 7.85. The van der Waals surface area contributed by atoms with Crippen LogP contribution >= 0.6 is 15.9 Å². The van der Waals surface area contributed by atoms with Crippen LogP contribution in [0, 0.1) is 21.7 Å². The van der Waals surface area contributed by atoms with Crippen LogP contribution in [0.5, 0.6) is 0 Å². The van der Waals surface area contributed by atoms with Gasteiger partial charge in [-0.2, -0.15) is 9.37 Å². The fourth-order valence-corrected chi connectivity index (χ4v) is 1.41. The van der Waals surface area contributed by atoms with E-state index in [2.05, 4.69) is 30.6 Å². The average molecular weight is 306 g/mol. The fourth-order valence-electron chi connectivity index (χ4n) is 1.18. The van der Waals surface area contributed by atoms with Gasteiger partial charge in [0.2, 0.25) is 10.6 Å². The SMILES string of the molecule is O=[N+]([O-])c1cc(F)cc(-c2nc(Br)no2)c1F. The Bertz CT molecular complexity index is 602. The molecule has 0 atom stereocenters. The summed E-state index contributed by atoms with van der Waals surface area (Å²) in [6, 6.07) is 1.21. The Labute approximate surface area is 101 Å². The number of nitrogens with zero attached hydrogens (tertiary/aromatic N) is 3. The molecule has 2 rings (SSSR count). The van der Waals surface area contributed by atoms with E-state index < -0.39 is 27.8 Å². The molecule has 1 aromatic carbocycles. The highest BCUT2D eigenvalue weighted by Crippen LogP contribution is 2.29. The number of nitro groups is 1. The molecule has 17 heavy (non-hydrogen) atoms. The van der Waals surface area contributed by atoms with E-state index in [0.29, 0.717) is 6.07 Å². The Balaban J connectivity index is 2.66. The van der Waals surface area contributed by atoms with Gasteiger partial charge in [-0.15, -0.1) is 0 Å². The lowest BCUT2D eigenvalue weighted by atomic mass is 10.2. The van der Waals surface area contributed by atoms with E-state index in [9.17, 15) is 18.9 Å². The van der Waals surface area contributed by atoms with Crippen molar-refractivity contribution in [1.29, 1.82) is 0 Å². The molecular weight excluding hydrogens is 304 g/mol. The Morgan fingerprint density at radius 1 is 1.41 bits per heavy atom. The van der Waals surface area contributed by atoms with Gasteiger partial charge in [0.15, 0.2) is 0 Å². The van der Waals surface area contributed by atoms with E-state index in [1.165, 1.54) is 0 Å². The maximum atomic E-state index is 13.6. The summed E-state index contributed by atoms with van der Waals surface area (Å²) in [5.41, 5.74) is -1.45. The molecule has 0 saturated carbocycles. The van der Waals surface area contributed by atoms with Crippen LogP contribution in [0.3, 0.4) is 0 Å². The number of hydrogen-bond acceptors (Lipinski definition) is 5. The molecule has 0 aliphatic carbocycles. The second-order valence-corrected chi connectivity index (χ2v) is 3.62. The second kappa shape index (κ2) is 4.17. The molecule has 0 unspecified atom stereocenters. The smallest absolute Gasteiger partial charge is 0.308 e. The third kappa shape index (κ3) is 2.13. The van der Waals surface area contributed by atoms with Crippen molar-refractivity contribution in [3.63, 3.8) is 0 Å². The fraction of sp³-hybridized carbons (Fsp3) is 0. The minimum atomic E-state index is -1.23. The molecule has 88 valence electrons. The number of nitro benzene ring substituents is 1. The highest BCUT2D eigenvalue weighted by Gasteiger charge is 2.24. The summed E-state index contributed by atoms with van der Waals surface area (Å²) in [5, 5.41) is 13.8. The van der Waals surface area contributed by atoms with E-state index in [0.717, 1.165) is 6.07 Å². The van der Waals surface area contributed by atoms with Crippen molar-refractivity contribution in [2.45, 2.75) is 0 Å². The number of halogens is 3. The largest absolute Gasteiger partial charge is 0.333 e. The Kier molecular flexibility index (Phi) is 2.84. The molecule has 0 amide bonds. The van der Waals surface area contributed by atoms with Crippen LogP contribution in [-0.4, -0.2) is 15.1 Å². The van der Waals surface area contributed by atoms with E-state index in [1.807, 2.05) is 0 Å². The van der Waals surface area contributed by atoms with Crippen LogP contribution < -0.4 is 0 Å². The molecular formula is C8H2BrF2N3O3. The van der Waals surface area contributed by atoms with Gasteiger partial charge in [0.1, 0.15) is 5.82 Å². The maximum Gasteiger partial charge on any atom is 0.308 e. The van der Waals surface area contributed by atoms with Gasteiger partial charge in [0.05, 0.1) is 16.6 Å². The molecule has 0 bridgehead atoms. The van der Waals surface area contributed by atoms with Crippen LogP contribution in [0.1, 0.15) is 0 Å². The van der Waals surface area contributed by atoms with Gasteiger partial charge >= 0.3 is 5.69 Å². The van der Waals surface area contributed by atoms with Crippen molar-refractivity contribution in [3.8, 4) is 11.5 Å². The number of hydrogen-bond donors (Lipinski definition) is 0. The second-order valence-electron chi connectivity index (χ2n) is 2.91. The maximum absolute atomic E-state index is 13.6. The zero-order chi connectivity index (χ0) is 12.6. The van der Waals surface area contributed by atoms with Gasteiger partial charge in [-0.25, -0.2) is 4.39 Å². The lowest BCUT2D eigenvalue weighted by molar-refractivity contribution is -0.387. The predicted molar refractivity (Wildman–Crippen MR) is 54.0 cm³/mol. The van der Waals surface area contributed by atoms with E-state index in [1.54, 1.807) is 0 Å². The number of aromatic nitrogens is 2. The zero-order valence-corrected chi connectivity index (χ0v) is 9.44. The molecule has 2 aromatic rings. The third-order valence-electron chi connectivity index (χ3n) is 1.85. The standard InChI is InChI=1S/C8H2BrF2N3O3/c9-8-12-7(17-13-8)4-1-3(10)2-5(6(4)11)14(15)16/h1-2H. The van der Waals surface area contributed by atoms with Gasteiger partial charge in [-0.1, -0.05) is 0 Å². The molecule has 0 fully saturated rings. The minimum Gasteiger partial charge on any atom is -0.333 e. The first-order chi connectivity index (χ1) is 7.99. The minimum absolute atomic E-state index is 0.0267. The Morgan fingerprint density at radius 3 is 2.65 bits per heavy atom. The molecule has 0 saturated heterocycles. The van der Waals surface area contributed by atoms with E-state index in [4.69, 9.17) is 0 Å². The quantitative estimate of drug-likeness (QED) is 0.629. The normalized spacial score (nSPS) is 10.5. The molecule has 1 heterocycles. The Morgan fingerprint density at radius 2 is 2.12 bits per heavy atom. The lowest BCUT2D eigenvalue weighted by Crippen LogP contribution is -1.96. The van der Waals surface area contributed by atoms with Gasteiger partial charge in [0, 0.05) is 0 Å². The van der Waals surface area contributed by atoms with Crippen molar-refractivity contribution in [3.05, 3.63) is 38.6 Å². The monoisotopic (exact) mass is 305 g/mol. The Hall–Kier alpha value is -1.90. The molecule has 0 radical (unpaired) electrons. The van der Waals surface area contributed by atoms with Gasteiger partial charge < -0.3 is 4.52 Å². The third-order valence-corrected chi connectivity index (χ3v) is 2.17. The summed E-state index contributed by atoms with van der Waals surface area (Å²) >= 11 is 2.85. The predicted octanol–water partition coefficient (Wildman–Crippen LogP) is 2.69. The molecule has 0 N–H and O–H groups in total. The van der Waals surface area contributed by atoms with Gasteiger partial charge in [-0.3, -0.25) is 10.1 Å². The highest BCUT2D eigenvalue weighted by molar-refractivity contribution is 9.10. The van der Waals surface area contributed by atoms with Gasteiger partial charge in [0.25, 0.3) is 5.89 Å². The van der Waals surface area contributed by atoms with Crippen LogP contribution in [0.4, 0.5) is 14.5 Å². The number of rotatable bonds is 2. The van der Waals surface area contributed by atoms with Crippen molar-refractivity contribution < 1.29 is 18.2 Å². The summed E-state index contributed by atoms with van der Waals surface area (Å²) in [5.74, 6) is -2.55. The van der Waals surface area contributed by atoms with Gasteiger partial charge in [-0.05, 0) is 27.2 Å². The summed E-state index contributed by atoms with van der Waals surface area (Å²) in [6.45, 7) is 0. The number of benzene rings is 1. The van der Waals surface area contributed by atoms with Crippen LogP contribution in [0.2, 0.25) is 0 Å². The van der Waals surface area contributed by atoms with E-state index >= 15 is 0 Å². The van der Waals surface area contributed by atoms with Crippen LogP contribution in [0.15, 0.2) is 21.4 Å². The topological polar surface area (TPSA) is 82.1 Å². The van der Waals surface area contributed by atoms with E-state index in [-0.39, 0.29) is 10.6 Å². The molecule has 0 spiro atoms. The van der Waals surface area contributed by atoms with Crippen molar-refractivity contribution in [1.82, 2.24) is 10.1 Å². The van der Waals surface area contributed by atoms with Crippen molar-refractivity contribution in [2.75, 3.05) is 0 Å². The summed E-state index contributed by atoms with van der Waals surface area (Å²) in [6.07, 6.45) is 0. The molecule has 6 nitrogen and oxygen atoms in total. The van der Waals surface area contributed by atoms with Crippen LogP contribution in [-0.2, 0) is 0 Å². The lowest BCUT2D eigenvalue weighted by Gasteiger charge is -1.99. The molecule has 0 aliphatic heterocycles.